The van der Waals surface area contributed by atoms with E-state index in [1.807, 2.05) is 21.0 Å². The van der Waals surface area contributed by atoms with Crippen molar-refractivity contribution in [1.29, 1.82) is 0 Å². The second kappa shape index (κ2) is 7.85. The Kier molecular flexibility index (Phi) is 6.80. The monoisotopic (exact) mass is 270 g/mol. The van der Waals surface area contributed by atoms with Crippen molar-refractivity contribution in [1.82, 2.24) is 10.2 Å². The molecular formula is C15H30N2O2. The second-order valence-electron chi connectivity index (χ2n) is 5.88. The van der Waals surface area contributed by atoms with E-state index in [0.29, 0.717) is 6.61 Å². The lowest BCUT2D eigenvalue weighted by Gasteiger charge is -2.39. The second-order valence-corrected chi connectivity index (χ2v) is 5.88. The first kappa shape index (κ1) is 16.4. The van der Waals surface area contributed by atoms with Crippen LogP contribution in [-0.4, -0.2) is 50.2 Å². The molecule has 1 aliphatic carbocycles. The van der Waals surface area contributed by atoms with E-state index in [1.165, 1.54) is 6.42 Å². The Morgan fingerprint density at radius 2 is 1.95 bits per heavy atom. The van der Waals surface area contributed by atoms with Crippen LogP contribution in [-0.2, 0) is 9.53 Å². The Hall–Kier alpha value is -0.610. The third-order valence-electron chi connectivity index (χ3n) is 4.22. The van der Waals surface area contributed by atoms with E-state index in [9.17, 15) is 4.79 Å². The molecule has 1 saturated carbocycles. The van der Waals surface area contributed by atoms with Gasteiger partial charge in [0.2, 0.25) is 0 Å². The van der Waals surface area contributed by atoms with Crippen LogP contribution in [0.4, 0.5) is 0 Å². The highest BCUT2D eigenvalue weighted by atomic mass is 16.5. The van der Waals surface area contributed by atoms with Crippen molar-refractivity contribution in [3.05, 3.63) is 0 Å². The number of ether oxygens (including phenoxy) is 1. The molecule has 0 aromatic heterocycles. The van der Waals surface area contributed by atoms with Crippen molar-refractivity contribution in [2.45, 2.75) is 51.5 Å². The van der Waals surface area contributed by atoms with Gasteiger partial charge < -0.3 is 15.0 Å². The molecule has 19 heavy (non-hydrogen) atoms. The van der Waals surface area contributed by atoms with Crippen molar-refractivity contribution in [2.24, 2.45) is 5.92 Å². The Balaban J connectivity index is 2.60. The minimum absolute atomic E-state index is 0.0525. The molecule has 0 aliphatic heterocycles. The Morgan fingerprint density at radius 1 is 1.32 bits per heavy atom. The number of carbonyl (C=O) groups is 1. The maximum atomic E-state index is 12.3. The van der Waals surface area contributed by atoms with Crippen LogP contribution in [0.1, 0.15) is 46.0 Å². The van der Waals surface area contributed by atoms with Gasteiger partial charge in [-0.25, -0.2) is 0 Å². The average molecular weight is 270 g/mol. The summed E-state index contributed by atoms with van der Waals surface area (Å²) in [6.45, 7) is 6.36. The summed E-state index contributed by atoms with van der Waals surface area (Å²) < 4.78 is 5.30. The summed E-state index contributed by atoms with van der Waals surface area (Å²) in [5, 5.41) is 3.48. The molecule has 0 unspecified atom stereocenters. The highest BCUT2D eigenvalue weighted by Gasteiger charge is 2.42. The van der Waals surface area contributed by atoms with E-state index >= 15 is 0 Å². The fourth-order valence-electron chi connectivity index (χ4n) is 2.82. The summed E-state index contributed by atoms with van der Waals surface area (Å²) in [6.07, 6.45) is 5.31. The Labute approximate surface area is 117 Å². The highest BCUT2D eigenvalue weighted by Crippen LogP contribution is 2.34. The molecular weight excluding hydrogens is 240 g/mol. The van der Waals surface area contributed by atoms with Crippen LogP contribution in [0, 0.1) is 5.92 Å². The van der Waals surface area contributed by atoms with E-state index < -0.39 is 5.54 Å². The van der Waals surface area contributed by atoms with Gasteiger partial charge in [-0.05, 0) is 52.6 Å². The quantitative estimate of drug-likeness (QED) is 0.719. The predicted octanol–water partition coefficient (Wildman–Crippen LogP) is 2.04. The first-order valence-electron chi connectivity index (χ1n) is 7.61. The van der Waals surface area contributed by atoms with Gasteiger partial charge >= 0.3 is 5.97 Å². The van der Waals surface area contributed by atoms with Crippen LogP contribution in [0.5, 0.6) is 0 Å². The Bertz CT molecular complexity index is 271. The fraction of sp³-hybridized carbons (Fsp3) is 0.933. The molecule has 1 fully saturated rings. The van der Waals surface area contributed by atoms with Crippen LogP contribution < -0.4 is 5.32 Å². The molecule has 112 valence electrons. The molecule has 0 aromatic carbocycles. The number of nitrogens with one attached hydrogen (secondary N) is 1. The number of hydrogen-bond donors (Lipinski definition) is 1. The lowest BCUT2D eigenvalue weighted by molar-refractivity contribution is -0.153. The lowest BCUT2D eigenvalue weighted by atomic mass is 9.75. The summed E-state index contributed by atoms with van der Waals surface area (Å²) in [6, 6.07) is 0. The maximum Gasteiger partial charge on any atom is 0.326 e. The maximum absolute atomic E-state index is 12.3. The number of likely N-dealkylation sites (N-methyl/N-ethyl adjacent to an activating group) is 1. The third kappa shape index (κ3) is 4.77. The number of hydrogen-bond acceptors (Lipinski definition) is 4. The van der Waals surface area contributed by atoms with Gasteiger partial charge in [-0.15, -0.1) is 0 Å². The van der Waals surface area contributed by atoms with Crippen molar-refractivity contribution in [3.63, 3.8) is 0 Å². The molecule has 4 heteroatoms. The largest absolute Gasteiger partial charge is 0.465 e. The molecule has 0 heterocycles. The number of rotatable bonds is 7. The van der Waals surface area contributed by atoms with Crippen molar-refractivity contribution < 1.29 is 9.53 Å². The average Bonchev–Trinajstić information content (AvgIpc) is 2.39. The standard InChI is InChI=1S/C15H30N2O2/c1-5-13-7-9-15(10-8-13,14(18)19-6-2)16-11-12-17(3)4/h13,16H,5-12H2,1-4H3. The number of carbonyl (C=O) groups excluding carboxylic acids is 1. The zero-order chi connectivity index (χ0) is 14.3. The zero-order valence-electron chi connectivity index (χ0n) is 13.0. The van der Waals surface area contributed by atoms with E-state index in [1.54, 1.807) is 0 Å². The highest BCUT2D eigenvalue weighted by molar-refractivity contribution is 5.81. The van der Waals surface area contributed by atoms with Gasteiger partial charge in [-0.2, -0.15) is 0 Å². The molecule has 4 nitrogen and oxygen atoms in total. The van der Waals surface area contributed by atoms with Gasteiger partial charge in [0.25, 0.3) is 0 Å². The molecule has 0 aromatic rings. The van der Waals surface area contributed by atoms with Gasteiger partial charge in [0.1, 0.15) is 5.54 Å². The van der Waals surface area contributed by atoms with Gasteiger partial charge in [0.15, 0.2) is 0 Å². The molecule has 1 rings (SSSR count). The minimum atomic E-state index is -0.433. The van der Waals surface area contributed by atoms with E-state index in [-0.39, 0.29) is 5.97 Å². The van der Waals surface area contributed by atoms with Crippen molar-refractivity contribution in [2.75, 3.05) is 33.8 Å². The van der Waals surface area contributed by atoms with Gasteiger partial charge in [-0.3, -0.25) is 4.79 Å². The lowest BCUT2D eigenvalue weighted by Crippen LogP contribution is -2.56. The zero-order valence-corrected chi connectivity index (χ0v) is 13.0. The molecule has 0 spiro atoms. The summed E-state index contributed by atoms with van der Waals surface area (Å²) in [7, 11) is 4.10. The first-order valence-corrected chi connectivity index (χ1v) is 7.61. The number of esters is 1. The van der Waals surface area contributed by atoms with Crippen LogP contribution >= 0.6 is 0 Å². The van der Waals surface area contributed by atoms with Gasteiger partial charge in [0, 0.05) is 13.1 Å². The normalized spacial score (nSPS) is 27.5. The minimum Gasteiger partial charge on any atom is -0.465 e. The fourth-order valence-corrected chi connectivity index (χ4v) is 2.82. The van der Waals surface area contributed by atoms with Gasteiger partial charge in [-0.1, -0.05) is 13.3 Å². The van der Waals surface area contributed by atoms with E-state index in [4.69, 9.17) is 4.74 Å². The SMILES string of the molecule is CCOC(=O)C1(NCCN(C)C)CCC(CC)CC1. The summed E-state index contributed by atoms with van der Waals surface area (Å²) in [5.74, 6) is 0.724. The van der Waals surface area contributed by atoms with Crippen molar-refractivity contribution in [3.8, 4) is 0 Å². The molecule has 1 N–H and O–H groups in total. The summed E-state index contributed by atoms with van der Waals surface area (Å²) in [4.78, 5) is 14.4. The van der Waals surface area contributed by atoms with Crippen LogP contribution in [0.25, 0.3) is 0 Å². The topological polar surface area (TPSA) is 41.6 Å². The van der Waals surface area contributed by atoms with Crippen LogP contribution in [0.15, 0.2) is 0 Å². The number of nitrogens with zero attached hydrogens (tertiary/aromatic N) is 1. The molecule has 0 radical (unpaired) electrons. The van der Waals surface area contributed by atoms with Crippen LogP contribution in [0.3, 0.4) is 0 Å². The summed E-state index contributed by atoms with van der Waals surface area (Å²) >= 11 is 0. The van der Waals surface area contributed by atoms with E-state index in [2.05, 4.69) is 17.1 Å². The third-order valence-corrected chi connectivity index (χ3v) is 4.22. The first-order chi connectivity index (χ1) is 9.04. The van der Waals surface area contributed by atoms with Crippen LogP contribution in [0.2, 0.25) is 0 Å². The van der Waals surface area contributed by atoms with Crippen molar-refractivity contribution >= 4 is 5.97 Å². The summed E-state index contributed by atoms with van der Waals surface area (Å²) in [5.41, 5.74) is -0.433. The molecule has 0 bridgehead atoms. The molecule has 0 saturated heterocycles. The smallest absolute Gasteiger partial charge is 0.326 e. The predicted molar refractivity (Wildman–Crippen MR) is 78.2 cm³/mol. The van der Waals surface area contributed by atoms with E-state index in [0.717, 1.165) is 44.7 Å². The van der Waals surface area contributed by atoms with Gasteiger partial charge in [0.05, 0.1) is 6.61 Å². The molecule has 0 amide bonds. The molecule has 1 aliphatic rings. The Morgan fingerprint density at radius 3 is 2.42 bits per heavy atom. The molecule has 0 atom stereocenters.